The second kappa shape index (κ2) is 4.57. The third kappa shape index (κ3) is 2.08. The summed E-state index contributed by atoms with van der Waals surface area (Å²) in [7, 11) is 1.63. The van der Waals surface area contributed by atoms with Crippen molar-refractivity contribution >= 4 is 10.9 Å². The fourth-order valence-corrected chi connectivity index (χ4v) is 1.97. The first-order valence-electron chi connectivity index (χ1n) is 5.91. The van der Waals surface area contributed by atoms with Gasteiger partial charge in [-0.1, -0.05) is 6.07 Å². The molecule has 3 aromatic rings. The first-order valence-corrected chi connectivity index (χ1v) is 5.91. The third-order valence-electron chi connectivity index (χ3n) is 2.95. The largest absolute Gasteiger partial charge is 0.497 e. The summed E-state index contributed by atoms with van der Waals surface area (Å²) in [5, 5.41) is 0.979. The Morgan fingerprint density at radius 2 is 2.00 bits per heavy atom. The monoisotopic (exact) mass is 252 g/mol. The lowest BCUT2D eigenvalue weighted by atomic mass is 10.2. The van der Waals surface area contributed by atoms with Gasteiger partial charge in [-0.3, -0.25) is 9.36 Å². The number of methoxy groups -OCH3 is 1. The van der Waals surface area contributed by atoms with Gasteiger partial charge in [-0.2, -0.15) is 0 Å². The number of benzene rings is 1. The number of pyridine rings is 2. The Labute approximate surface area is 109 Å². The molecule has 0 atom stereocenters. The van der Waals surface area contributed by atoms with Gasteiger partial charge in [-0.15, -0.1) is 0 Å². The van der Waals surface area contributed by atoms with E-state index in [9.17, 15) is 4.79 Å². The van der Waals surface area contributed by atoms with Crippen molar-refractivity contribution in [1.82, 2.24) is 9.55 Å². The van der Waals surface area contributed by atoms with Gasteiger partial charge in [0.15, 0.2) is 0 Å². The van der Waals surface area contributed by atoms with Gasteiger partial charge in [0.1, 0.15) is 11.6 Å². The molecular weight excluding hydrogens is 240 g/mol. The summed E-state index contributed by atoms with van der Waals surface area (Å²) in [6.07, 6.45) is 1.71. The Bertz CT molecular complexity index is 793. The number of ether oxygens (including phenoxy) is 1. The van der Waals surface area contributed by atoms with E-state index >= 15 is 0 Å². The van der Waals surface area contributed by atoms with E-state index < -0.39 is 0 Å². The molecule has 0 saturated heterocycles. The minimum absolute atomic E-state index is 0.0946. The highest BCUT2D eigenvalue weighted by molar-refractivity contribution is 5.81. The van der Waals surface area contributed by atoms with Crippen LogP contribution in [0, 0.1) is 0 Å². The van der Waals surface area contributed by atoms with E-state index in [0.717, 1.165) is 16.7 Å². The Hall–Kier alpha value is -2.62. The zero-order valence-electron chi connectivity index (χ0n) is 10.4. The summed E-state index contributed by atoms with van der Waals surface area (Å²) in [4.78, 5) is 16.2. The highest BCUT2D eigenvalue weighted by Gasteiger charge is 2.03. The molecule has 0 saturated carbocycles. The molecule has 0 spiro atoms. The van der Waals surface area contributed by atoms with E-state index in [1.165, 1.54) is 10.6 Å². The van der Waals surface area contributed by atoms with Crippen LogP contribution in [0.2, 0.25) is 0 Å². The van der Waals surface area contributed by atoms with Crippen LogP contribution in [-0.2, 0) is 0 Å². The second-order valence-electron chi connectivity index (χ2n) is 4.14. The van der Waals surface area contributed by atoms with E-state index in [1.807, 2.05) is 30.3 Å². The van der Waals surface area contributed by atoms with Crippen LogP contribution in [0.15, 0.2) is 59.5 Å². The molecular formula is C15H12N2O2. The van der Waals surface area contributed by atoms with E-state index in [1.54, 1.807) is 25.4 Å². The van der Waals surface area contributed by atoms with Crippen molar-refractivity contribution in [3.05, 3.63) is 65.1 Å². The van der Waals surface area contributed by atoms with Crippen molar-refractivity contribution < 1.29 is 4.74 Å². The molecule has 0 aliphatic rings. The summed E-state index contributed by atoms with van der Waals surface area (Å²) in [6.45, 7) is 0. The standard InChI is InChI=1S/C15H12N2O2/c1-19-12-6-7-13-11(10-12)5-8-14(16-13)17-9-3-2-4-15(17)18/h2-10H,1H3. The maximum atomic E-state index is 11.8. The number of hydrogen-bond donors (Lipinski definition) is 0. The van der Waals surface area contributed by atoms with Gasteiger partial charge < -0.3 is 4.74 Å². The summed E-state index contributed by atoms with van der Waals surface area (Å²) in [5.41, 5.74) is 0.733. The van der Waals surface area contributed by atoms with Crippen LogP contribution >= 0.6 is 0 Å². The first kappa shape index (κ1) is 11.5. The van der Waals surface area contributed by atoms with Crippen LogP contribution < -0.4 is 10.3 Å². The van der Waals surface area contributed by atoms with Gasteiger partial charge >= 0.3 is 0 Å². The minimum Gasteiger partial charge on any atom is -0.497 e. The molecule has 4 heteroatoms. The van der Waals surface area contributed by atoms with Gasteiger partial charge in [-0.05, 0) is 36.4 Å². The smallest absolute Gasteiger partial charge is 0.256 e. The Kier molecular flexibility index (Phi) is 2.76. The van der Waals surface area contributed by atoms with Crippen molar-refractivity contribution in [3.8, 4) is 11.6 Å². The molecule has 2 aromatic heterocycles. The quantitative estimate of drug-likeness (QED) is 0.703. The Morgan fingerprint density at radius 3 is 2.79 bits per heavy atom. The average molecular weight is 252 g/mol. The van der Waals surface area contributed by atoms with E-state index in [0.29, 0.717) is 5.82 Å². The highest BCUT2D eigenvalue weighted by Crippen LogP contribution is 2.20. The SMILES string of the molecule is COc1ccc2nc(-n3ccccc3=O)ccc2c1. The highest BCUT2D eigenvalue weighted by atomic mass is 16.5. The maximum Gasteiger partial charge on any atom is 0.256 e. The molecule has 4 nitrogen and oxygen atoms in total. The molecule has 0 fully saturated rings. The molecule has 19 heavy (non-hydrogen) atoms. The van der Waals surface area contributed by atoms with Gasteiger partial charge in [0.2, 0.25) is 0 Å². The molecule has 0 unspecified atom stereocenters. The van der Waals surface area contributed by atoms with Crippen LogP contribution in [0.25, 0.3) is 16.7 Å². The fraction of sp³-hybridized carbons (Fsp3) is 0.0667. The molecule has 0 aliphatic heterocycles. The minimum atomic E-state index is -0.0946. The summed E-state index contributed by atoms with van der Waals surface area (Å²) in [5.74, 6) is 1.40. The summed E-state index contributed by atoms with van der Waals surface area (Å²) >= 11 is 0. The van der Waals surface area contributed by atoms with Crippen molar-refractivity contribution in [2.24, 2.45) is 0 Å². The molecule has 0 radical (unpaired) electrons. The van der Waals surface area contributed by atoms with Crippen molar-refractivity contribution in [1.29, 1.82) is 0 Å². The second-order valence-corrected chi connectivity index (χ2v) is 4.14. The van der Waals surface area contributed by atoms with Crippen LogP contribution in [0.4, 0.5) is 0 Å². The van der Waals surface area contributed by atoms with Gasteiger partial charge in [0.05, 0.1) is 12.6 Å². The van der Waals surface area contributed by atoms with Crippen molar-refractivity contribution in [3.63, 3.8) is 0 Å². The Balaban J connectivity index is 2.17. The number of nitrogens with zero attached hydrogens (tertiary/aromatic N) is 2. The topological polar surface area (TPSA) is 44.1 Å². The number of fused-ring (bicyclic) bond motifs is 1. The maximum absolute atomic E-state index is 11.8. The molecule has 0 amide bonds. The van der Waals surface area contributed by atoms with Crippen molar-refractivity contribution in [2.75, 3.05) is 7.11 Å². The normalized spacial score (nSPS) is 10.6. The molecule has 3 rings (SSSR count). The van der Waals surface area contributed by atoms with Gasteiger partial charge in [0.25, 0.3) is 5.56 Å². The molecule has 0 N–H and O–H groups in total. The number of aromatic nitrogens is 2. The predicted octanol–water partition coefficient (Wildman–Crippen LogP) is 2.39. The van der Waals surface area contributed by atoms with Gasteiger partial charge in [-0.25, -0.2) is 4.98 Å². The lowest BCUT2D eigenvalue weighted by molar-refractivity contribution is 0.415. The average Bonchev–Trinajstić information content (AvgIpc) is 2.46. The summed E-state index contributed by atoms with van der Waals surface area (Å²) in [6, 6.07) is 14.4. The molecule has 0 aliphatic carbocycles. The van der Waals surface area contributed by atoms with Gasteiger partial charge in [0, 0.05) is 17.6 Å². The number of hydrogen-bond acceptors (Lipinski definition) is 3. The number of rotatable bonds is 2. The zero-order chi connectivity index (χ0) is 13.2. The third-order valence-corrected chi connectivity index (χ3v) is 2.95. The van der Waals surface area contributed by atoms with Crippen LogP contribution in [-0.4, -0.2) is 16.7 Å². The molecule has 1 aromatic carbocycles. The van der Waals surface area contributed by atoms with E-state index in [4.69, 9.17) is 4.74 Å². The predicted molar refractivity (Wildman–Crippen MR) is 73.9 cm³/mol. The van der Waals surface area contributed by atoms with Crippen LogP contribution in [0.1, 0.15) is 0 Å². The van der Waals surface area contributed by atoms with Crippen molar-refractivity contribution in [2.45, 2.75) is 0 Å². The fourth-order valence-electron chi connectivity index (χ4n) is 1.97. The van der Waals surface area contributed by atoms with Crippen LogP contribution in [0.3, 0.4) is 0 Å². The molecule has 2 heterocycles. The molecule has 94 valence electrons. The zero-order valence-corrected chi connectivity index (χ0v) is 10.4. The summed E-state index contributed by atoms with van der Waals surface area (Å²) < 4.78 is 6.69. The molecule has 0 bridgehead atoms. The van der Waals surface area contributed by atoms with Crippen LogP contribution in [0.5, 0.6) is 5.75 Å². The van der Waals surface area contributed by atoms with E-state index in [2.05, 4.69) is 4.98 Å². The lowest BCUT2D eigenvalue weighted by Crippen LogP contribution is -2.16. The Morgan fingerprint density at radius 1 is 1.11 bits per heavy atom. The van der Waals surface area contributed by atoms with E-state index in [-0.39, 0.29) is 5.56 Å². The first-order chi connectivity index (χ1) is 9.28. The lowest BCUT2D eigenvalue weighted by Gasteiger charge is -2.06.